The van der Waals surface area contributed by atoms with Gasteiger partial charge < -0.3 is 15.0 Å². The van der Waals surface area contributed by atoms with Crippen molar-refractivity contribution < 1.29 is 4.74 Å². The Kier molecular flexibility index (Phi) is 4.22. The smallest absolute Gasteiger partial charge is 0.0708 e. The van der Waals surface area contributed by atoms with Crippen LogP contribution in [0.2, 0.25) is 0 Å². The van der Waals surface area contributed by atoms with Crippen LogP contribution in [-0.2, 0) is 4.74 Å². The van der Waals surface area contributed by atoms with Gasteiger partial charge in [0.25, 0.3) is 0 Å². The Hall–Kier alpha value is -0.120. The van der Waals surface area contributed by atoms with E-state index in [9.17, 15) is 0 Å². The molecule has 2 heterocycles. The average molecular weight is 226 g/mol. The van der Waals surface area contributed by atoms with Gasteiger partial charge in [-0.15, -0.1) is 0 Å². The summed E-state index contributed by atoms with van der Waals surface area (Å²) >= 11 is 0. The van der Waals surface area contributed by atoms with Gasteiger partial charge in [-0.25, -0.2) is 0 Å². The Bertz CT molecular complexity index is 214. The second-order valence-corrected chi connectivity index (χ2v) is 5.46. The average Bonchev–Trinajstić information content (AvgIpc) is 2.90. The van der Waals surface area contributed by atoms with Crippen molar-refractivity contribution in [3.8, 4) is 0 Å². The summed E-state index contributed by atoms with van der Waals surface area (Å²) < 4.78 is 5.99. The van der Waals surface area contributed by atoms with E-state index in [1.54, 1.807) is 0 Å². The fraction of sp³-hybridized carbons (Fsp3) is 1.00. The minimum atomic E-state index is 0.478. The summed E-state index contributed by atoms with van der Waals surface area (Å²) in [5.41, 5.74) is 0.482. The predicted molar refractivity (Wildman–Crippen MR) is 66.7 cm³/mol. The van der Waals surface area contributed by atoms with Crippen LogP contribution >= 0.6 is 0 Å². The highest BCUT2D eigenvalue weighted by atomic mass is 16.5. The minimum Gasteiger partial charge on any atom is -0.376 e. The second kappa shape index (κ2) is 5.48. The number of rotatable bonds is 5. The molecule has 0 saturated carbocycles. The number of nitrogens with zero attached hydrogens (tertiary/aromatic N) is 1. The van der Waals surface area contributed by atoms with Crippen LogP contribution in [0.4, 0.5) is 0 Å². The molecule has 0 bridgehead atoms. The van der Waals surface area contributed by atoms with Crippen LogP contribution in [0.5, 0.6) is 0 Å². The molecule has 2 rings (SSSR count). The van der Waals surface area contributed by atoms with E-state index in [2.05, 4.69) is 24.1 Å². The van der Waals surface area contributed by atoms with E-state index in [-0.39, 0.29) is 0 Å². The Labute approximate surface area is 99.5 Å². The van der Waals surface area contributed by atoms with Crippen molar-refractivity contribution in [2.75, 3.05) is 39.3 Å². The van der Waals surface area contributed by atoms with Gasteiger partial charge in [0.15, 0.2) is 0 Å². The van der Waals surface area contributed by atoms with Gasteiger partial charge in [-0.1, -0.05) is 13.8 Å². The van der Waals surface area contributed by atoms with Gasteiger partial charge in [-0.05, 0) is 38.9 Å². The molecule has 2 aliphatic heterocycles. The minimum absolute atomic E-state index is 0.478. The first-order chi connectivity index (χ1) is 7.78. The van der Waals surface area contributed by atoms with E-state index in [1.165, 1.54) is 38.9 Å². The topological polar surface area (TPSA) is 24.5 Å². The van der Waals surface area contributed by atoms with Crippen molar-refractivity contribution in [3.63, 3.8) is 0 Å². The van der Waals surface area contributed by atoms with Crippen LogP contribution in [0.1, 0.15) is 33.1 Å². The Morgan fingerprint density at radius 1 is 1.44 bits per heavy atom. The van der Waals surface area contributed by atoms with E-state index in [0.717, 1.165) is 19.7 Å². The van der Waals surface area contributed by atoms with Crippen LogP contribution in [0.25, 0.3) is 0 Å². The summed E-state index contributed by atoms with van der Waals surface area (Å²) in [4.78, 5) is 2.52. The Balaban J connectivity index is 1.79. The lowest BCUT2D eigenvalue weighted by molar-refractivity contribution is 0.0679. The number of hydrogen-bond donors (Lipinski definition) is 1. The van der Waals surface area contributed by atoms with Crippen LogP contribution in [0.15, 0.2) is 0 Å². The lowest BCUT2D eigenvalue weighted by Gasteiger charge is -2.24. The molecule has 2 aliphatic rings. The Morgan fingerprint density at radius 3 is 2.94 bits per heavy atom. The van der Waals surface area contributed by atoms with Crippen molar-refractivity contribution in [1.29, 1.82) is 0 Å². The summed E-state index contributed by atoms with van der Waals surface area (Å²) in [7, 11) is 0. The lowest BCUT2D eigenvalue weighted by Crippen LogP contribution is -2.33. The normalized spacial score (nSPS) is 34.3. The molecule has 2 fully saturated rings. The molecule has 0 radical (unpaired) electrons. The summed E-state index contributed by atoms with van der Waals surface area (Å²) in [5, 5.41) is 3.47. The molecule has 0 aliphatic carbocycles. The van der Waals surface area contributed by atoms with Crippen LogP contribution < -0.4 is 5.32 Å². The maximum atomic E-state index is 5.99. The first-order valence-electron chi connectivity index (χ1n) is 6.83. The van der Waals surface area contributed by atoms with Gasteiger partial charge in [-0.3, -0.25) is 0 Å². The van der Waals surface area contributed by atoms with Crippen molar-refractivity contribution in [1.82, 2.24) is 10.2 Å². The number of hydrogen-bond acceptors (Lipinski definition) is 3. The van der Waals surface area contributed by atoms with Crippen molar-refractivity contribution in [2.24, 2.45) is 5.41 Å². The molecule has 0 amide bonds. The summed E-state index contributed by atoms with van der Waals surface area (Å²) in [6, 6.07) is 0. The maximum Gasteiger partial charge on any atom is 0.0708 e. The standard InChI is InChI=1S/C13H26N2O/c1-3-7-15(4-2)9-12-8-13(11-16-12)5-6-14-10-13/h12,14H,3-11H2,1-2H3. The molecular formula is C13H26N2O. The molecule has 3 nitrogen and oxygen atoms in total. The molecule has 1 N–H and O–H groups in total. The van der Waals surface area contributed by atoms with Gasteiger partial charge in [0.1, 0.15) is 0 Å². The first kappa shape index (κ1) is 12.3. The molecule has 0 aromatic rings. The largest absolute Gasteiger partial charge is 0.376 e. The summed E-state index contributed by atoms with van der Waals surface area (Å²) in [6.45, 7) is 11.3. The van der Waals surface area contributed by atoms with Crippen molar-refractivity contribution >= 4 is 0 Å². The molecule has 94 valence electrons. The van der Waals surface area contributed by atoms with Gasteiger partial charge in [0.05, 0.1) is 12.7 Å². The highest BCUT2D eigenvalue weighted by Gasteiger charge is 2.42. The fourth-order valence-electron chi connectivity index (χ4n) is 3.09. The molecule has 2 saturated heterocycles. The third-order valence-electron chi connectivity index (χ3n) is 4.07. The maximum absolute atomic E-state index is 5.99. The quantitative estimate of drug-likeness (QED) is 0.768. The third-order valence-corrected chi connectivity index (χ3v) is 4.07. The van der Waals surface area contributed by atoms with Gasteiger partial charge >= 0.3 is 0 Å². The molecule has 0 aromatic carbocycles. The molecule has 3 heteroatoms. The van der Waals surface area contributed by atoms with Crippen molar-refractivity contribution in [3.05, 3.63) is 0 Å². The van der Waals surface area contributed by atoms with Crippen LogP contribution in [0.3, 0.4) is 0 Å². The zero-order valence-corrected chi connectivity index (χ0v) is 10.8. The van der Waals surface area contributed by atoms with E-state index >= 15 is 0 Å². The summed E-state index contributed by atoms with van der Waals surface area (Å²) in [5.74, 6) is 0. The molecule has 0 aromatic heterocycles. The number of likely N-dealkylation sites (N-methyl/N-ethyl adjacent to an activating group) is 1. The van der Waals surface area contributed by atoms with Gasteiger partial charge in [-0.2, -0.15) is 0 Å². The molecule has 1 spiro atoms. The van der Waals surface area contributed by atoms with E-state index < -0.39 is 0 Å². The van der Waals surface area contributed by atoms with E-state index in [1.807, 2.05) is 0 Å². The highest BCUT2D eigenvalue weighted by Crippen LogP contribution is 2.38. The summed E-state index contributed by atoms with van der Waals surface area (Å²) in [6.07, 6.45) is 4.29. The first-order valence-corrected chi connectivity index (χ1v) is 6.83. The fourth-order valence-corrected chi connectivity index (χ4v) is 3.09. The molecular weight excluding hydrogens is 200 g/mol. The monoisotopic (exact) mass is 226 g/mol. The SMILES string of the molecule is CCCN(CC)CC1CC2(CCNC2)CO1. The van der Waals surface area contributed by atoms with E-state index in [0.29, 0.717) is 11.5 Å². The van der Waals surface area contributed by atoms with Crippen LogP contribution in [-0.4, -0.2) is 50.3 Å². The van der Waals surface area contributed by atoms with Crippen LogP contribution in [0, 0.1) is 5.41 Å². The number of ether oxygens (including phenoxy) is 1. The molecule has 2 atom stereocenters. The van der Waals surface area contributed by atoms with Gasteiger partial charge in [0.2, 0.25) is 0 Å². The van der Waals surface area contributed by atoms with Gasteiger partial charge in [0, 0.05) is 18.5 Å². The second-order valence-electron chi connectivity index (χ2n) is 5.46. The lowest BCUT2D eigenvalue weighted by atomic mass is 9.85. The van der Waals surface area contributed by atoms with E-state index in [4.69, 9.17) is 4.74 Å². The number of nitrogens with one attached hydrogen (secondary N) is 1. The Morgan fingerprint density at radius 2 is 2.31 bits per heavy atom. The molecule has 16 heavy (non-hydrogen) atoms. The zero-order chi connectivity index (χ0) is 11.4. The highest BCUT2D eigenvalue weighted by molar-refractivity contribution is 4.94. The van der Waals surface area contributed by atoms with Crippen molar-refractivity contribution in [2.45, 2.75) is 39.2 Å². The molecule has 2 unspecified atom stereocenters. The predicted octanol–water partition coefficient (Wildman–Crippen LogP) is 1.49. The zero-order valence-electron chi connectivity index (χ0n) is 10.8. The third kappa shape index (κ3) is 2.76.